The standard InChI is InChI=1S/C12H14N2O/c1-8-4-6-11(7-5-8)14-12(15)9(2)10(3)13-14/h4-7,13H,1-3H3. The molecule has 0 aliphatic rings. The van der Waals surface area contributed by atoms with E-state index < -0.39 is 0 Å². The van der Waals surface area contributed by atoms with E-state index in [4.69, 9.17) is 0 Å². The lowest BCUT2D eigenvalue weighted by molar-refractivity contribution is 0.834. The second kappa shape index (κ2) is 3.42. The minimum absolute atomic E-state index is 0.0244. The number of hydrogen-bond donors (Lipinski definition) is 1. The maximum atomic E-state index is 11.8. The molecule has 3 heteroatoms. The van der Waals surface area contributed by atoms with Crippen LogP contribution in [-0.2, 0) is 0 Å². The summed E-state index contributed by atoms with van der Waals surface area (Å²) in [5.41, 5.74) is 3.78. The van der Waals surface area contributed by atoms with E-state index in [1.807, 2.05) is 45.0 Å². The highest BCUT2D eigenvalue weighted by molar-refractivity contribution is 5.34. The van der Waals surface area contributed by atoms with Gasteiger partial charge in [-0.3, -0.25) is 9.89 Å². The molecule has 1 heterocycles. The van der Waals surface area contributed by atoms with Gasteiger partial charge < -0.3 is 0 Å². The third-order valence-electron chi connectivity index (χ3n) is 2.66. The van der Waals surface area contributed by atoms with Crippen LogP contribution in [0.25, 0.3) is 5.69 Å². The molecule has 78 valence electrons. The molecule has 15 heavy (non-hydrogen) atoms. The minimum Gasteiger partial charge on any atom is -0.295 e. The summed E-state index contributed by atoms with van der Waals surface area (Å²) in [6.45, 7) is 5.76. The molecule has 0 unspecified atom stereocenters. The summed E-state index contributed by atoms with van der Waals surface area (Å²) >= 11 is 0. The molecular weight excluding hydrogens is 188 g/mol. The largest absolute Gasteiger partial charge is 0.295 e. The maximum Gasteiger partial charge on any atom is 0.274 e. The molecule has 0 radical (unpaired) electrons. The van der Waals surface area contributed by atoms with Crippen molar-refractivity contribution < 1.29 is 0 Å². The van der Waals surface area contributed by atoms with Gasteiger partial charge in [-0.05, 0) is 32.9 Å². The fourth-order valence-electron chi connectivity index (χ4n) is 1.51. The molecule has 2 aromatic rings. The van der Waals surface area contributed by atoms with Gasteiger partial charge >= 0.3 is 0 Å². The van der Waals surface area contributed by atoms with Gasteiger partial charge in [-0.15, -0.1) is 0 Å². The van der Waals surface area contributed by atoms with Crippen molar-refractivity contribution in [2.75, 3.05) is 0 Å². The van der Waals surface area contributed by atoms with Gasteiger partial charge in [-0.25, -0.2) is 4.68 Å². The first-order valence-corrected chi connectivity index (χ1v) is 4.95. The lowest BCUT2D eigenvalue weighted by atomic mass is 10.2. The van der Waals surface area contributed by atoms with E-state index in [1.165, 1.54) is 5.56 Å². The normalized spacial score (nSPS) is 10.6. The Bertz CT molecular complexity index is 532. The SMILES string of the molecule is Cc1ccc(-n2[nH]c(C)c(C)c2=O)cc1. The molecule has 0 spiro atoms. The first kappa shape index (κ1) is 9.77. The fraction of sp³-hybridized carbons (Fsp3) is 0.250. The van der Waals surface area contributed by atoms with Crippen molar-refractivity contribution >= 4 is 0 Å². The molecular formula is C12H14N2O. The fourth-order valence-corrected chi connectivity index (χ4v) is 1.51. The van der Waals surface area contributed by atoms with E-state index in [-0.39, 0.29) is 5.56 Å². The van der Waals surface area contributed by atoms with Gasteiger partial charge in [-0.1, -0.05) is 17.7 Å². The van der Waals surface area contributed by atoms with E-state index >= 15 is 0 Å². The number of hydrogen-bond acceptors (Lipinski definition) is 1. The van der Waals surface area contributed by atoms with Crippen molar-refractivity contribution in [3.63, 3.8) is 0 Å². The Hall–Kier alpha value is -1.77. The molecule has 0 amide bonds. The van der Waals surface area contributed by atoms with Gasteiger partial charge in [0.2, 0.25) is 0 Å². The van der Waals surface area contributed by atoms with Crippen LogP contribution in [0.3, 0.4) is 0 Å². The summed E-state index contributed by atoms with van der Waals surface area (Å²) in [6.07, 6.45) is 0. The number of benzene rings is 1. The van der Waals surface area contributed by atoms with Gasteiger partial charge in [0.15, 0.2) is 0 Å². The van der Waals surface area contributed by atoms with Crippen molar-refractivity contribution in [1.29, 1.82) is 0 Å². The minimum atomic E-state index is 0.0244. The molecule has 1 N–H and O–H groups in total. The summed E-state index contributed by atoms with van der Waals surface area (Å²) in [5, 5.41) is 3.05. The third kappa shape index (κ3) is 1.61. The molecule has 0 aliphatic carbocycles. The average molecular weight is 202 g/mol. The van der Waals surface area contributed by atoms with Gasteiger partial charge in [0, 0.05) is 11.3 Å². The Morgan fingerprint density at radius 2 is 1.67 bits per heavy atom. The molecule has 1 aromatic carbocycles. The Morgan fingerprint density at radius 1 is 1.07 bits per heavy atom. The highest BCUT2D eigenvalue weighted by Crippen LogP contribution is 2.07. The van der Waals surface area contributed by atoms with E-state index in [1.54, 1.807) is 4.68 Å². The van der Waals surface area contributed by atoms with Crippen molar-refractivity contribution in [3.8, 4) is 5.69 Å². The Labute approximate surface area is 88.4 Å². The van der Waals surface area contributed by atoms with Crippen molar-refractivity contribution in [1.82, 2.24) is 9.78 Å². The number of aromatic nitrogens is 2. The number of nitrogens with one attached hydrogen (secondary N) is 1. The van der Waals surface area contributed by atoms with Crippen LogP contribution in [0.1, 0.15) is 16.8 Å². The van der Waals surface area contributed by atoms with Crippen LogP contribution in [0.15, 0.2) is 29.1 Å². The van der Waals surface area contributed by atoms with Crippen LogP contribution < -0.4 is 5.56 Å². The first-order valence-electron chi connectivity index (χ1n) is 4.95. The zero-order chi connectivity index (χ0) is 11.0. The quantitative estimate of drug-likeness (QED) is 0.755. The number of H-pyrrole nitrogens is 1. The average Bonchev–Trinajstić information content (AvgIpc) is 2.47. The van der Waals surface area contributed by atoms with E-state index in [0.717, 1.165) is 16.9 Å². The molecule has 3 nitrogen and oxygen atoms in total. The molecule has 0 atom stereocenters. The van der Waals surface area contributed by atoms with Crippen molar-refractivity contribution in [3.05, 3.63) is 51.4 Å². The molecule has 0 aliphatic heterocycles. The smallest absolute Gasteiger partial charge is 0.274 e. The molecule has 0 bridgehead atoms. The van der Waals surface area contributed by atoms with Crippen LogP contribution in [-0.4, -0.2) is 9.78 Å². The zero-order valence-corrected chi connectivity index (χ0v) is 9.16. The lowest BCUT2D eigenvalue weighted by Crippen LogP contribution is -2.15. The van der Waals surface area contributed by atoms with Crippen LogP contribution >= 0.6 is 0 Å². The number of nitrogens with zero attached hydrogens (tertiary/aromatic N) is 1. The summed E-state index contributed by atoms with van der Waals surface area (Å²) in [6, 6.07) is 7.86. The summed E-state index contributed by atoms with van der Waals surface area (Å²) in [4.78, 5) is 11.8. The molecule has 0 saturated carbocycles. The third-order valence-corrected chi connectivity index (χ3v) is 2.66. The molecule has 0 saturated heterocycles. The second-order valence-corrected chi connectivity index (χ2v) is 3.84. The highest BCUT2D eigenvalue weighted by Gasteiger charge is 2.07. The van der Waals surface area contributed by atoms with Gasteiger partial charge in [-0.2, -0.15) is 0 Å². The van der Waals surface area contributed by atoms with Gasteiger partial charge in [0.25, 0.3) is 5.56 Å². The van der Waals surface area contributed by atoms with Gasteiger partial charge in [0.1, 0.15) is 0 Å². The predicted molar refractivity (Wildman–Crippen MR) is 60.6 cm³/mol. The topological polar surface area (TPSA) is 37.8 Å². The monoisotopic (exact) mass is 202 g/mol. The first-order chi connectivity index (χ1) is 7.09. The van der Waals surface area contributed by atoms with Crippen LogP contribution in [0.4, 0.5) is 0 Å². The lowest BCUT2D eigenvalue weighted by Gasteiger charge is -2.01. The number of aryl methyl sites for hydroxylation is 2. The maximum absolute atomic E-state index is 11.8. The van der Waals surface area contributed by atoms with Gasteiger partial charge in [0.05, 0.1) is 5.69 Å². The van der Waals surface area contributed by atoms with Crippen LogP contribution in [0, 0.1) is 20.8 Å². The Balaban J connectivity index is 2.59. The Kier molecular flexibility index (Phi) is 2.23. The molecule has 1 aromatic heterocycles. The molecule has 0 fully saturated rings. The Morgan fingerprint density at radius 3 is 2.13 bits per heavy atom. The second-order valence-electron chi connectivity index (χ2n) is 3.84. The van der Waals surface area contributed by atoms with E-state index in [2.05, 4.69) is 5.10 Å². The number of aromatic amines is 1. The zero-order valence-electron chi connectivity index (χ0n) is 9.16. The predicted octanol–water partition coefficient (Wildman–Crippen LogP) is 2.09. The van der Waals surface area contributed by atoms with Crippen LogP contribution in [0.5, 0.6) is 0 Å². The van der Waals surface area contributed by atoms with Crippen molar-refractivity contribution in [2.45, 2.75) is 20.8 Å². The van der Waals surface area contributed by atoms with E-state index in [9.17, 15) is 4.79 Å². The van der Waals surface area contributed by atoms with Crippen LogP contribution in [0.2, 0.25) is 0 Å². The summed E-state index contributed by atoms with van der Waals surface area (Å²) < 4.78 is 1.57. The van der Waals surface area contributed by atoms with Crippen molar-refractivity contribution in [2.24, 2.45) is 0 Å². The highest BCUT2D eigenvalue weighted by atomic mass is 16.1. The number of rotatable bonds is 1. The van der Waals surface area contributed by atoms with E-state index in [0.29, 0.717) is 0 Å². The summed E-state index contributed by atoms with van der Waals surface area (Å²) in [7, 11) is 0. The molecule has 2 rings (SSSR count). The summed E-state index contributed by atoms with van der Waals surface area (Å²) in [5.74, 6) is 0.